The van der Waals surface area contributed by atoms with E-state index in [0.29, 0.717) is 0 Å². The van der Waals surface area contributed by atoms with Gasteiger partial charge >= 0.3 is 0 Å². The summed E-state index contributed by atoms with van der Waals surface area (Å²) in [6.45, 7) is 4.02. The van der Waals surface area contributed by atoms with E-state index in [2.05, 4.69) is 22.7 Å². The maximum absolute atomic E-state index is 6.08. The van der Waals surface area contributed by atoms with Gasteiger partial charge in [-0.25, -0.2) is 9.99 Å². The molecule has 1 unspecified atom stereocenters. The normalized spacial score (nSPS) is 27.1. The molecule has 0 bridgehead atoms. The largest absolute Gasteiger partial charge is 0.326 e. The highest BCUT2D eigenvalue weighted by atomic mass is 32.2. The van der Waals surface area contributed by atoms with Crippen molar-refractivity contribution in [2.75, 3.05) is 32.4 Å². The molecule has 94 valence electrons. The lowest BCUT2D eigenvalue weighted by molar-refractivity contribution is 0.0881. The number of nitrogens with two attached hydrogens (primary N) is 1. The van der Waals surface area contributed by atoms with Gasteiger partial charge in [-0.1, -0.05) is 11.8 Å². The van der Waals surface area contributed by atoms with Crippen LogP contribution in [0.5, 0.6) is 0 Å². The van der Waals surface area contributed by atoms with Crippen molar-refractivity contribution in [3.05, 3.63) is 11.9 Å². The highest BCUT2D eigenvalue weighted by molar-refractivity contribution is 7.99. The van der Waals surface area contributed by atoms with Gasteiger partial charge in [0.15, 0.2) is 5.16 Å². The van der Waals surface area contributed by atoms with Crippen LogP contribution in [0.3, 0.4) is 0 Å². The van der Waals surface area contributed by atoms with Crippen LogP contribution in [0.2, 0.25) is 0 Å². The van der Waals surface area contributed by atoms with Crippen LogP contribution in [0.15, 0.2) is 11.4 Å². The number of likely N-dealkylation sites (N-methyl/N-ethyl adjacent to an activating group) is 1. The zero-order chi connectivity index (χ0) is 11.8. The molecule has 0 aromatic carbocycles. The number of nitrogens with zero attached hydrogens (tertiary/aromatic N) is 4. The zero-order valence-electron chi connectivity index (χ0n) is 10.2. The van der Waals surface area contributed by atoms with Crippen molar-refractivity contribution < 1.29 is 0 Å². The van der Waals surface area contributed by atoms with Crippen molar-refractivity contribution in [2.45, 2.75) is 24.2 Å². The summed E-state index contributed by atoms with van der Waals surface area (Å²) >= 11 is 1.85. The molecule has 1 aromatic rings. The van der Waals surface area contributed by atoms with Crippen molar-refractivity contribution in [2.24, 2.45) is 5.84 Å². The van der Waals surface area contributed by atoms with Gasteiger partial charge in [0.2, 0.25) is 0 Å². The van der Waals surface area contributed by atoms with E-state index in [-0.39, 0.29) is 6.04 Å². The molecule has 6 heteroatoms. The zero-order valence-corrected chi connectivity index (χ0v) is 11.0. The quantitative estimate of drug-likeness (QED) is 0.740. The van der Waals surface area contributed by atoms with Crippen LogP contribution in [-0.4, -0.2) is 51.9 Å². The van der Waals surface area contributed by atoms with E-state index in [4.69, 9.17) is 10.8 Å². The molecular formula is C11H19N5S. The van der Waals surface area contributed by atoms with E-state index in [0.717, 1.165) is 37.0 Å². The summed E-state index contributed by atoms with van der Waals surface area (Å²) in [5, 5.41) is 3.09. The monoisotopic (exact) mass is 253 g/mol. The summed E-state index contributed by atoms with van der Waals surface area (Å²) < 4.78 is 2.27. The second-order valence-corrected chi connectivity index (χ2v) is 5.92. The fourth-order valence-electron chi connectivity index (χ4n) is 2.45. The fraction of sp³-hybridized carbons (Fsp3) is 0.727. The molecule has 1 saturated heterocycles. The average Bonchev–Trinajstić information content (AvgIpc) is 2.75. The summed E-state index contributed by atoms with van der Waals surface area (Å²) in [6, 6.07) is 0.243. The van der Waals surface area contributed by atoms with Crippen molar-refractivity contribution in [3.63, 3.8) is 0 Å². The van der Waals surface area contributed by atoms with Crippen molar-refractivity contribution in [1.82, 2.24) is 19.5 Å². The number of hydrogen-bond donors (Lipinski definition) is 1. The molecule has 2 aliphatic heterocycles. The lowest BCUT2D eigenvalue weighted by atomic mass is 10.1. The second kappa shape index (κ2) is 4.61. The SMILES string of the molecule is CN1CCN(N)C(c2cn3c(n2)SCCC3)C1. The van der Waals surface area contributed by atoms with E-state index in [1.54, 1.807) is 0 Å². The molecule has 5 nitrogen and oxygen atoms in total. The van der Waals surface area contributed by atoms with Gasteiger partial charge < -0.3 is 9.47 Å². The average molecular weight is 253 g/mol. The second-order valence-electron chi connectivity index (χ2n) is 4.86. The Balaban J connectivity index is 1.84. The van der Waals surface area contributed by atoms with Gasteiger partial charge in [-0.2, -0.15) is 0 Å². The Kier molecular flexibility index (Phi) is 3.12. The van der Waals surface area contributed by atoms with E-state index in [1.807, 2.05) is 16.8 Å². The third-order valence-corrected chi connectivity index (χ3v) is 4.58. The molecule has 0 radical (unpaired) electrons. The van der Waals surface area contributed by atoms with E-state index < -0.39 is 0 Å². The topological polar surface area (TPSA) is 50.3 Å². The maximum Gasteiger partial charge on any atom is 0.168 e. The standard InChI is InChI=1S/C11H19N5S/c1-14-4-5-16(12)10(8-14)9-7-15-3-2-6-17-11(15)13-9/h7,10H,2-6,8,12H2,1H3. The molecule has 0 amide bonds. The molecule has 17 heavy (non-hydrogen) atoms. The number of hydrazine groups is 1. The Morgan fingerprint density at radius 1 is 1.41 bits per heavy atom. The van der Waals surface area contributed by atoms with Crippen LogP contribution in [0.25, 0.3) is 0 Å². The van der Waals surface area contributed by atoms with Gasteiger partial charge in [-0.15, -0.1) is 0 Å². The number of hydrogen-bond acceptors (Lipinski definition) is 5. The van der Waals surface area contributed by atoms with Gasteiger partial charge in [-0.05, 0) is 13.5 Å². The number of piperazine rings is 1. The Hall–Kier alpha value is -0.560. The molecule has 1 aromatic heterocycles. The third-order valence-electron chi connectivity index (χ3n) is 3.50. The Morgan fingerprint density at radius 2 is 2.29 bits per heavy atom. The molecular weight excluding hydrogens is 234 g/mol. The minimum atomic E-state index is 0.243. The number of thioether (sulfide) groups is 1. The van der Waals surface area contributed by atoms with Crippen molar-refractivity contribution in [1.29, 1.82) is 0 Å². The van der Waals surface area contributed by atoms with E-state index in [9.17, 15) is 0 Å². The van der Waals surface area contributed by atoms with Crippen molar-refractivity contribution in [3.8, 4) is 0 Å². The molecule has 2 aliphatic rings. The minimum absolute atomic E-state index is 0.243. The van der Waals surface area contributed by atoms with Crippen LogP contribution in [0, 0.1) is 0 Å². The van der Waals surface area contributed by atoms with Crippen LogP contribution in [0.4, 0.5) is 0 Å². The molecule has 0 spiro atoms. The summed E-state index contributed by atoms with van der Waals surface area (Å²) in [7, 11) is 2.14. The smallest absolute Gasteiger partial charge is 0.168 e. The predicted octanol–water partition coefficient (Wildman–Crippen LogP) is 0.541. The first-order valence-corrected chi connectivity index (χ1v) is 7.12. The van der Waals surface area contributed by atoms with Crippen molar-refractivity contribution >= 4 is 11.8 Å². The highest BCUT2D eigenvalue weighted by Gasteiger charge is 2.27. The molecule has 1 fully saturated rings. The first-order valence-electron chi connectivity index (χ1n) is 6.14. The van der Waals surface area contributed by atoms with Crippen LogP contribution < -0.4 is 5.84 Å². The third kappa shape index (κ3) is 2.22. The molecule has 0 aliphatic carbocycles. The van der Waals surface area contributed by atoms with Crippen LogP contribution in [-0.2, 0) is 6.54 Å². The maximum atomic E-state index is 6.08. The van der Waals surface area contributed by atoms with Gasteiger partial charge in [0.1, 0.15) is 0 Å². The Morgan fingerprint density at radius 3 is 3.12 bits per heavy atom. The summed E-state index contributed by atoms with van der Waals surface area (Å²) in [5.41, 5.74) is 1.13. The fourth-order valence-corrected chi connectivity index (χ4v) is 3.39. The van der Waals surface area contributed by atoms with Gasteiger partial charge in [-0.3, -0.25) is 5.84 Å². The predicted molar refractivity (Wildman–Crippen MR) is 68.7 cm³/mol. The Bertz CT molecular complexity index is 381. The lowest BCUT2D eigenvalue weighted by Crippen LogP contribution is -2.50. The number of aryl methyl sites for hydroxylation is 1. The first kappa shape index (κ1) is 11.5. The van der Waals surface area contributed by atoms with E-state index in [1.165, 1.54) is 12.2 Å². The summed E-state index contributed by atoms with van der Waals surface area (Å²) in [4.78, 5) is 7.06. The molecule has 3 rings (SSSR count). The first-order chi connectivity index (χ1) is 8.24. The van der Waals surface area contributed by atoms with Crippen LogP contribution >= 0.6 is 11.8 Å². The molecule has 1 atom stereocenters. The van der Waals surface area contributed by atoms with Gasteiger partial charge in [0, 0.05) is 38.1 Å². The van der Waals surface area contributed by atoms with Crippen LogP contribution in [0.1, 0.15) is 18.2 Å². The van der Waals surface area contributed by atoms with E-state index >= 15 is 0 Å². The van der Waals surface area contributed by atoms with Gasteiger partial charge in [0.05, 0.1) is 11.7 Å². The number of rotatable bonds is 1. The number of imidazole rings is 1. The summed E-state index contributed by atoms with van der Waals surface area (Å²) in [6.07, 6.45) is 3.43. The number of fused-ring (bicyclic) bond motifs is 1. The lowest BCUT2D eigenvalue weighted by Gasteiger charge is -2.36. The molecule has 3 heterocycles. The Labute approximate surface area is 106 Å². The minimum Gasteiger partial charge on any atom is -0.326 e. The summed E-state index contributed by atoms with van der Waals surface area (Å²) in [5.74, 6) is 7.27. The highest BCUT2D eigenvalue weighted by Crippen LogP contribution is 2.28. The van der Waals surface area contributed by atoms with Gasteiger partial charge in [0.25, 0.3) is 0 Å². The molecule has 2 N–H and O–H groups in total. The number of aromatic nitrogens is 2. The molecule has 0 saturated carbocycles.